The fourth-order valence-corrected chi connectivity index (χ4v) is 3.22. The Labute approximate surface area is 155 Å². The smallest absolute Gasteiger partial charge is 0.274 e. The highest BCUT2D eigenvalue weighted by atomic mass is 32.2. The number of pyridine rings is 1. The van der Waals surface area contributed by atoms with Gasteiger partial charge in [-0.2, -0.15) is 5.26 Å². The second-order valence-corrected chi connectivity index (χ2v) is 8.01. The van der Waals surface area contributed by atoms with Crippen molar-refractivity contribution in [2.24, 2.45) is 4.99 Å². The number of aromatic nitrogens is 1. The van der Waals surface area contributed by atoms with Gasteiger partial charge in [-0.05, 0) is 12.1 Å². The van der Waals surface area contributed by atoms with Crippen molar-refractivity contribution < 1.29 is 13.6 Å². The van der Waals surface area contributed by atoms with Gasteiger partial charge in [-0.25, -0.2) is 13.8 Å². The first-order valence-corrected chi connectivity index (χ1v) is 8.93. The molecule has 0 atom stereocenters. The monoisotopic (exact) mass is 378 g/mol. The first-order valence-electron chi connectivity index (χ1n) is 7.94. The lowest BCUT2D eigenvalue weighted by molar-refractivity contribution is -0.104. The summed E-state index contributed by atoms with van der Waals surface area (Å²) >= 11 is 0.893. The molecule has 0 unspecified atom stereocenters. The largest absolute Gasteiger partial charge is 0.348 e. The van der Waals surface area contributed by atoms with Crippen LogP contribution >= 0.6 is 11.8 Å². The van der Waals surface area contributed by atoms with E-state index in [1.54, 1.807) is 18.3 Å². The average molecular weight is 378 g/mol. The van der Waals surface area contributed by atoms with E-state index in [4.69, 9.17) is 0 Å². The molecular formula is C18H20F2N4OS. The van der Waals surface area contributed by atoms with Crippen molar-refractivity contribution in [3.8, 4) is 6.07 Å². The summed E-state index contributed by atoms with van der Waals surface area (Å²) in [6.07, 6.45) is 1.96. The fraction of sp³-hybridized carbons (Fsp3) is 0.444. The predicted octanol–water partition coefficient (Wildman–Crippen LogP) is 3.48. The molecule has 1 fully saturated rings. The van der Waals surface area contributed by atoms with Crippen LogP contribution in [0.3, 0.4) is 0 Å². The molecule has 1 aliphatic heterocycles. The Morgan fingerprint density at radius 3 is 2.62 bits per heavy atom. The summed E-state index contributed by atoms with van der Waals surface area (Å²) in [6.45, 7) is 5.60. The summed E-state index contributed by atoms with van der Waals surface area (Å²) in [4.78, 5) is 21.3. The molecule has 0 amide bonds. The average Bonchev–Trinajstić information content (AvgIpc) is 2.56. The maximum Gasteiger partial charge on any atom is 0.274 e. The number of carbonyl (C=O) groups is 1. The number of thioether (sulfide) groups is 1. The van der Waals surface area contributed by atoms with Gasteiger partial charge in [-0.3, -0.25) is 9.78 Å². The molecule has 1 aliphatic rings. The standard InChI is InChI=1S/C18H20F2N4OS/c1-17(2,3)14-6-5-12(8-22-14)15(13(7-21)9-25)23-16-24(4)10-18(19,20)11-26-16/h5-6,8-9H,10-11H2,1-4H3/b15-13-,23-16?. The second-order valence-electron chi connectivity index (χ2n) is 7.07. The topological polar surface area (TPSA) is 69.3 Å². The van der Waals surface area contributed by atoms with Crippen LogP contribution in [0.4, 0.5) is 8.78 Å². The van der Waals surface area contributed by atoms with Crippen molar-refractivity contribution in [2.45, 2.75) is 32.1 Å². The summed E-state index contributed by atoms with van der Waals surface area (Å²) in [5.74, 6) is -3.20. The molecule has 0 saturated carbocycles. The molecule has 1 aromatic rings. The molecule has 0 radical (unpaired) electrons. The van der Waals surface area contributed by atoms with Gasteiger partial charge in [-0.1, -0.05) is 32.5 Å². The zero-order valence-corrected chi connectivity index (χ0v) is 15.9. The van der Waals surface area contributed by atoms with Crippen LogP contribution in [0.25, 0.3) is 5.70 Å². The number of aldehydes is 1. The molecule has 5 nitrogen and oxygen atoms in total. The van der Waals surface area contributed by atoms with E-state index in [-0.39, 0.29) is 16.7 Å². The van der Waals surface area contributed by atoms with Crippen LogP contribution in [0.2, 0.25) is 0 Å². The molecule has 8 heteroatoms. The lowest BCUT2D eigenvalue weighted by Gasteiger charge is -2.31. The molecule has 138 valence electrons. The number of halogens is 2. The van der Waals surface area contributed by atoms with Crippen LogP contribution in [0.1, 0.15) is 32.0 Å². The van der Waals surface area contributed by atoms with Crippen LogP contribution in [0, 0.1) is 11.3 Å². The first-order chi connectivity index (χ1) is 12.1. The third kappa shape index (κ3) is 4.67. The Morgan fingerprint density at radius 2 is 2.15 bits per heavy atom. The summed E-state index contributed by atoms with van der Waals surface area (Å²) in [5.41, 5.74) is 1.15. The van der Waals surface area contributed by atoms with Crippen molar-refractivity contribution in [1.29, 1.82) is 5.26 Å². The van der Waals surface area contributed by atoms with E-state index in [2.05, 4.69) is 9.98 Å². The van der Waals surface area contributed by atoms with Crippen LogP contribution in [0.5, 0.6) is 0 Å². The molecule has 1 aromatic heterocycles. The highest BCUT2D eigenvalue weighted by Gasteiger charge is 2.37. The van der Waals surface area contributed by atoms with E-state index in [0.717, 1.165) is 17.5 Å². The van der Waals surface area contributed by atoms with Crippen LogP contribution in [0.15, 0.2) is 28.9 Å². The van der Waals surface area contributed by atoms with Crippen molar-refractivity contribution in [2.75, 3.05) is 19.3 Å². The molecule has 0 bridgehead atoms. The van der Waals surface area contributed by atoms with Crippen molar-refractivity contribution in [3.63, 3.8) is 0 Å². The Balaban J connectivity index is 2.47. The van der Waals surface area contributed by atoms with Gasteiger partial charge in [0.1, 0.15) is 11.6 Å². The van der Waals surface area contributed by atoms with E-state index in [0.29, 0.717) is 17.0 Å². The number of allylic oxidation sites excluding steroid dienone is 1. The fourth-order valence-electron chi connectivity index (χ4n) is 2.35. The molecule has 2 rings (SSSR count). The van der Waals surface area contributed by atoms with Gasteiger partial charge in [0.05, 0.1) is 18.0 Å². The number of amidine groups is 1. The van der Waals surface area contributed by atoms with E-state index in [9.17, 15) is 18.8 Å². The summed E-state index contributed by atoms with van der Waals surface area (Å²) in [7, 11) is 1.50. The third-order valence-corrected chi connectivity index (χ3v) is 4.94. The Morgan fingerprint density at radius 1 is 1.46 bits per heavy atom. The second kappa shape index (κ2) is 7.54. The molecule has 2 heterocycles. The maximum absolute atomic E-state index is 13.5. The number of carbonyl (C=O) groups excluding carboxylic acids is 1. The molecule has 0 spiro atoms. The molecule has 0 aromatic carbocycles. The lowest BCUT2D eigenvalue weighted by atomic mass is 9.91. The summed E-state index contributed by atoms with van der Waals surface area (Å²) in [6, 6.07) is 5.36. The highest BCUT2D eigenvalue weighted by Crippen LogP contribution is 2.31. The molecule has 26 heavy (non-hydrogen) atoms. The number of aliphatic imine (C=N–C) groups is 1. The SMILES string of the molecule is CN1CC(F)(F)CSC1=N/C(=C(/C#N)C=O)c1ccc(C(C)(C)C)nc1. The lowest BCUT2D eigenvalue weighted by Crippen LogP contribution is -2.44. The number of rotatable bonds is 3. The van der Waals surface area contributed by atoms with Crippen LogP contribution in [-0.4, -0.2) is 46.6 Å². The number of hydrogen-bond acceptors (Lipinski definition) is 5. The van der Waals surface area contributed by atoms with Gasteiger partial charge >= 0.3 is 0 Å². The van der Waals surface area contributed by atoms with Gasteiger partial charge in [0, 0.05) is 29.9 Å². The Bertz CT molecular complexity index is 789. The van der Waals surface area contributed by atoms with Crippen molar-refractivity contribution >= 4 is 28.9 Å². The maximum atomic E-state index is 13.5. The van der Waals surface area contributed by atoms with E-state index < -0.39 is 18.2 Å². The number of hydrogen-bond donors (Lipinski definition) is 0. The van der Waals surface area contributed by atoms with Gasteiger partial charge < -0.3 is 4.90 Å². The van der Waals surface area contributed by atoms with E-state index >= 15 is 0 Å². The predicted molar refractivity (Wildman–Crippen MR) is 99.0 cm³/mol. The summed E-state index contributed by atoms with van der Waals surface area (Å²) in [5, 5.41) is 9.58. The number of nitriles is 1. The molecular weight excluding hydrogens is 358 g/mol. The normalized spacial score (nSPS) is 19.7. The van der Waals surface area contributed by atoms with E-state index in [1.165, 1.54) is 11.9 Å². The minimum Gasteiger partial charge on any atom is -0.348 e. The molecule has 1 saturated heterocycles. The third-order valence-electron chi connectivity index (χ3n) is 3.71. The van der Waals surface area contributed by atoms with Gasteiger partial charge in [-0.15, -0.1) is 0 Å². The van der Waals surface area contributed by atoms with Crippen molar-refractivity contribution in [1.82, 2.24) is 9.88 Å². The van der Waals surface area contributed by atoms with Gasteiger partial charge in [0.15, 0.2) is 11.5 Å². The van der Waals surface area contributed by atoms with Crippen LogP contribution < -0.4 is 0 Å². The van der Waals surface area contributed by atoms with Gasteiger partial charge in [0.2, 0.25) is 0 Å². The Hall–Kier alpha value is -2.27. The minimum atomic E-state index is -2.80. The molecule has 0 aliphatic carbocycles. The first kappa shape index (κ1) is 20.0. The number of nitrogens with zero attached hydrogens (tertiary/aromatic N) is 4. The zero-order valence-electron chi connectivity index (χ0n) is 15.1. The number of alkyl halides is 2. The quantitative estimate of drug-likeness (QED) is 0.458. The zero-order chi connectivity index (χ0) is 19.5. The van der Waals surface area contributed by atoms with Crippen molar-refractivity contribution in [3.05, 3.63) is 35.2 Å². The highest BCUT2D eigenvalue weighted by molar-refractivity contribution is 8.13. The minimum absolute atomic E-state index is 0.134. The molecule has 0 N–H and O–H groups in total. The van der Waals surface area contributed by atoms with Crippen LogP contribution in [-0.2, 0) is 10.2 Å². The Kier molecular flexibility index (Phi) is 5.81. The van der Waals surface area contributed by atoms with E-state index in [1.807, 2.05) is 26.8 Å². The van der Waals surface area contributed by atoms with Gasteiger partial charge in [0.25, 0.3) is 5.92 Å². The summed E-state index contributed by atoms with van der Waals surface area (Å²) < 4.78 is 27.0.